The molecule has 10 heteroatoms. The Morgan fingerprint density at radius 2 is 2.06 bits per heavy atom. The van der Waals surface area contributed by atoms with E-state index in [0.29, 0.717) is 18.0 Å². The Morgan fingerprint density at radius 1 is 1.35 bits per heavy atom. The highest BCUT2D eigenvalue weighted by Crippen LogP contribution is 2.25. The Kier molecular flexibility index (Phi) is 8.14. The highest BCUT2D eigenvalue weighted by Gasteiger charge is 2.27. The minimum absolute atomic E-state index is 0.0732. The summed E-state index contributed by atoms with van der Waals surface area (Å²) in [7, 11) is 1.78. The van der Waals surface area contributed by atoms with Crippen LogP contribution in [0.1, 0.15) is 45.6 Å². The Balaban J connectivity index is 1.61. The Labute approximate surface area is 201 Å². The van der Waals surface area contributed by atoms with Crippen LogP contribution >= 0.6 is 0 Å². The topological polar surface area (TPSA) is 146 Å². The van der Waals surface area contributed by atoms with Gasteiger partial charge in [0, 0.05) is 55.7 Å². The number of carbonyl (C=O) groups excluding carboxylic acids is 1. The van der Waals surface area contributed by atoms with Crippen molar-refractivity contribution in [3.63, 3.8) is 0 Å². The van der Waals surface area contributed by atoms with Gasteiger partial charge in [0.05, 0.1) is 24.5 Å². The van der Waals surface area contributed by atoms with Gasteiger partial charge in [0.25, 0.3) is 0 Å². The number of aliphatic imine (C=N–C) groups is 1. The monoisotopic (exact) mass is 470 g/mol. The van der Waals surface area contributed by atoms with E-state index >= 15 is 0 Å². The van der Waals surface area contributed by atoms with Gasteiger partial charge in [-0.1, -0.05) is 20.8 Å². The Bertz CT molecular complexity index is 939. The summed E-state index contributed by atoms with van der Waals surface area (Å²) in [5.74, 6) is 0.544. The second-order valence-corrected chi connectivity index (χ2v) is 9.97. The number of nitrogens with zero attached hydrogens (tertiary/aromatic N) is 4. The standard InChI is InChI=1S/C24H38N8O2/c1-24(2,3)20(29-17-7-10-34-15-17)12-21(26)30-23(33)31(4)18-5-8-32(9-6-18)19-11-16(13-25)22(27)28-14-19/h11-14,17-18,25,29H,5-10,15H2,1-4H3,(H2,27,28)(H2,26,30,33)/b20-12-,25-13?. The molecule has 0 bridgehead atoms. The summed E-state index contributed by atoms with van der Waals surface area (Å²) in [6.45, 7) is 9.24. The van der Waals surface area contributed by atoms with Gasteiger partial charge in [0.15, 0.2) is 0 Å². The van der Waals surface area contributed by atoms with Crippen molar-refractivity contribution in [3.05, 3.63) is 29.6 Å². The van der Waals surface area contributed by atoms with Gasteiger partial charge in [0.1, 0.15) is 11.7 Å². The number of piperidine rings is 1. The highest BCUT2D eigenvalue weighted by atomic mass is 16.5. The lowest BCUT2D eigenvalue weighted by Crippen LogP contribution is -2.45. The fourth-order valence-corrected chi connectivity index (χ4v) is 4.15. The van der Waals surface area contributed by atoms with Gasteiger partial charge in [-0.15, -0.1) is 0 Å². The molecule has 0 aliphatic carbocycles. The van der Waals surface area contributed by atoms with Crippen LogP contribution in [0.25, 0.3) is 0 Å². The second kappa shape index (κ2) is 10.9. The van der Waals surface area contributed by atoms with E-state index in [-0.39, 0.29) is 29.4 Å². The molecule has 1 aromatic heterocycles. The fourth-order valence-electron chi connectivity index (χ4n) is 4.15. The van der Waals surface area contributed by atoms with Crippen molar-refractivity contribution in [2.75, 3.05) is 44.0 Å². The summed E-state index contributed by atoms with van der Waals surface area (Å²) in [6, 6.07) is 1.85. The third-order valence-corrected chi connectivity index (χ3v) is 6.38. The first kappa shape index (κ1) is 25.5. The van der Waals surface area contributed by atoms with Crippen LogP contribution in [0.15, 0.2) is 29.0 Å². The summed E-state index contributed by atoms with van der Waals surface area (Å²) < 4.78 is 5.46. The molecule has 2 aliphatic rings. The number of anilines is 2. The first-order chi connectivity index (χ1) is 16.1. The van der Waals surface area contributed by atoms with Gasteiger partial charge in [-0.05, 0) is 31.4 Å². The average Bonchev–Trinajstić information content (AvgIpc) is 3.31. The number of nitrogens with two attached hydrogens (primary N) is 2. The number of urea groups is 1. The molecule has 186 valence electrons. The zero-order chi connectivity index (χ0) is 24.9. The number of hydrogen-bond donors (Lipinski definition) is 4. The van der Waals surface area contributed by atoms with Crippen molar-refractivity contribution in [1.29, 1.82) is 5.41 Å². The number of nitrogen functional groups attached to an aromatic ring is 1. The number of aromatic nitrogens is 1. The molecule has 0 aromatic carbocycles. The van der Waals surface area contributed by atoms with E-state index in [4.69, 9.17) is 21.6 Å². The minimum atomic E-state index is -0.343. The highest BCUT2D eigenvalue weighted by molar-refractivity contribution is 6.00. The number of nitrogens with one attached hydrogen (secondary N) is 2. The zero-order valence-electron chi connectivity index (χ0n) is 20.7. The third kappa shape index (κ3) is 6.47. The smallest absolute Gasteiger partial charge is 0.345 e. The summed E-state index contributed by atoms with van der Waals surface area (Å²) in [5, 5.41) is 11.0. The largest absolute Gasteiger partial charge is 0.383 e. The van der Waals surface area contributed by atoms with Crippen molar-refractivity contribution in [2.24, 2.45) is 16.1 Å². The number of carbonyl (C=O) groups is 1. The van der Waals surface area contributed by atoms with E-state index in [9.17, 15) is 4.79 Å². The summed E-state index contributed by atoms with van der Waals surface area (Å²) in [6.07, 6.45) is 7.25. The van der Waals surface area contributed by atoms with Gasteiger partial charge in [-0.25, -0.2) is 9.78 Å². The first-order valence-electron chi connectivity index (χ1n) is 11.8. The van der Waals surface area contributed by atoms with Crippen molar-refractivity contribution in [2.45, 2.75) is 52.1 Å². The normalized spacial score (nSPS) is 20.4. The van der Waals surface area contributed by atoms with Gasteiger partial charge >= 0.3 is 6.03 Å². The maximum atomic E-state index is 12.8. The number of pyridine rings is 1. The molecule has 2 aliphatic heterocycles. The quantitative estimate of drug-likeness (QED) is 0.369. The molecule has 10 nitrogen and oxygen atoms in total. The van der Waals surface area contributed by atoms with Crippen LogP contribution in [0.2, 0.25) is 0 Å². The van der Waals surface area contributed by atoms with Crippen molar-refractivity contribution in [1.82, 2.24) is 15.2 Å². The molecule has 3 rings (SSSR count). The van der Waals surface area contributed by atoms with Crippen LogP contribution in [0.5, 0.6) is 0 Å². The van der Waals surface area contributed by atoms with Crippen molar-refractivity contribution in [3.8, 4) is 0 Å². The lowest BCUT2D eigenvalue weighted by Gasteiger charge is -2.37. The first-order valence-corrected chi connectivity index (χ1v) is 11.8. The van der Waals surface area contributed by atoms with Crippen LogP contribution in [-0.2, 0) is 4.74 Å². The number of ether oxygens (including phenoxy) is 1. The van der Waals surface area contributed by atoms with Crippen LogP contribution in [0.3, 0.4) is 0 Å². The fraction of sp³-hybridized carbons (Fsp3) is 0.583. The zero-order valence-corrected chi connectivity index (χ0v) is 20.7. The molecule has 2 fully saturated rings. The molecular weight excluding hydrogens is 432 g/mol. The van der Waals surface area contributed by atoms with E-state index in [1.807, 2.05) is 6.07 Å². The third-order valence-electron chi connectivity index (χ3n) is 6.38. The molecule has 1 aromatic rings. The SMILES string of the molecule is CN(C(=O)/N=C(N)\C=C(/NC1CCOC1)C(C)(C)C)C1CCN(c2cnc(N)c(C=N)c2)CC1. The minimum Gasteiger partial charge on any atom is -0.383 e. The predicted octanol–water partition coefficient (Wildman–Crippen LogP) is 2.35. The molecule has 0 saturated carbocycles. The Morgan fingerprint density at radius 3 is 2.65 bits per heavy atom. The van der Waals surface area contributed by atoms with Crippen molar-refractivity contribution >= 4 is 29.6 Å². The van der Waals surface area contributed by atoms with Gasteiger partial charge in [-0.2, -0.15) is 4.99 Å². The van der Waals surface area contributed by atoms with Crippen LogP contribution in [0, 0.1) is 10.8 Å². The van der Waals surface area contributed by atoms with E-state index < -0.39 is 0 Å². The summed E-state index contributed by atoms with van der Waals surface area (Å²) >= 11 is 0. The molecule has 1 atom stereocenters. The number of rotatable bonds is 6. The number of allylic oxidation sites excluding steroid dienone is 1. The van der Waals surface area contributed by atoms with Crippen LogP contribution in [-0.4, -0.2) is 73.4 Å². The summed E-state index contributed by atoms with van der Waals surface area (Å²) in [5.41, 5.74) is 14.3. The van der Waals surface area contributed by atoms with Gasteiger partial charge < -0.3 is 36.7 Å². The predicted molar refractivity (Wildman–Crippen MR) is 136 cm³/mol. The molecule has 34 heavy (non-hydrogen) atoms. The molecule has 1 unspecified atom stereocenters. The number of amides is 2. The molecule has 0 spiro atoms. The molecule has 0 radical (unpaired) electrons. The molecule has 2 amide bonds. The van der Waals surface area contributed by atoms with Gasteiger partial charge in [0.2, 0.25) is 0 Å². The van der Waals surface area contributed by atoms with Crippen LogP contribution < -0.4 is 21.7 Å². The van der Waals surface area contributed by atoms with E-state index in [0.717, 1.165) is 50.3 Å². The lowest BCUT2D eigenvalue weighted by atomic mass is 9.90. The lowest BCUT2D eigenvalue weighted by molar-refractivity contribution is 0.189. The van der Waals surface area contributed by atoms with Crippen LogP contribution in [0.4, 0.5) is 16.3 Å². The Hall–Kier alpha value is -3.14. The number of hydrogen-bond acceptors (Lipinski definition) is 7. The van der Waals surface area contributed by atoms with E-state index in [1.54, 1.807) is 24.2 Å². The second-order valence-electron chi connectivity index (χ2n) is 9.97. The molecular formula is C24H38N8O2. The molecule has 2 saturated heterocycles. The van der Waals surface area contributed by atoms with E-state index in [2.05, 4.69) is 41.0 Å². The molecule has 3 heterocycles. The summed E-state index contributed by atoms with van der Waals surface area (Å²) in [4.78, 5) is 25.0. The maximum Gasteiger partial charge on any atom is 0.345 e. The number of amidine groups is 1. The van der Waals surface area contributed by atoms with Gasteiger partial charge in [-0.3, -0.25) is 0 Å². The molecule has 6 N–H and O–H groups in total. The van der Waals surface area contributed by atoms with E-state index in [1.165, 1.54) is 6.21 Å². The van der Waals surface area contributed by atoms with Crippen molar-refractivity contribution < 1.29 is 9.53 Å². The average molecular weight is 471 g/mol. The maximum absolute atomic E-state index is 12.8.